The van der Waals surface area contributed by atoms with Crippen LogP contribution < -0.4 is 10.7 Å². The van der Waals surface area contributed by atoms with Crippen molar-refractivity contribution < 1.29 is 5.11 Å². The van der Waals surface area contributed by atoms with Gasteiger partial charge in [-0.1, -0.05) is 0 Å². The van der Waals surface area contributed by atoms with Gasteiger partial charge in [0, 0.05) is 51.0 Å². The van der Waals surface area contributed by atoms with Gasteiger partial charge in [0.1, 0.15) is 0 Å². The molecule has 2 heterocycles. The summed E-state index contributed by atoms with van der Waals surface area (Å²) in [6.07, 6.45) is 1.53. The van der Waals surface area contributed by atoms with Crippen molar-refractivity contribution in [2.24, 2.45) is 0 Å². The summed E-state index contributed by atoms with van der Waals surface area (Å²) in [4.78, 5) is 13.8. The van der Waals surface area contributed by atoms with Gasteiger partial charge in [0.2, 0.25) is 5.43 Å². The second-order valence-electron chi connectivity index (χ2n) is 4.33. The summed E-state index contributed by atoms with van der Waals surface area (Å²) < 4.78 is 1.93. The maximum atomic E-state index is 11.5. The molecule has 5 heteroatoms. The lowest BCUT2D eigenvalue weighted by Crippen LogP contribution is -2.43. The molecule has 1 fully saturated rings. The smallest absolute Gasteiger partial charge is 0.223 e. The van der Waals surface area contributed by atoms with Crippen molar-refractivity contribution in [1.82, 2.24) is 14.8 Å². The standard InChI is InChI=1S/C12H19N3O2/c1-2-15-9-12(17)11(16)7-10(15)8-14-5-3-13-4-6-14/h7,9,13,17H,2-6,8H2,1H3. The van der Waals surface area contributed by atoms with Gasteiger partial charge in [-0.05, 0) is 6.92 Å². The molecule has 17 heavy (non-hydrogen) atoms. The van der Waals surface area contributed by atoms with Crippen LogP contribution in [0.25, 0.3) is 0 Å². The van der Waals surface area contributed by atoms with E-state index in [0.717, 1.165) is 45.0 Å². The van der Waals surface area contributed by atoms with E-state index in [9.17, 15) is 9.90 Å². The molecule has 1 aliphatic heterocycles. The fraction of sp³-hybridized carbons (Fsp3) is 0.583. The zero-order valence-corrected chi connectivity index (χ0v) is 10.1. The van der Waals surface area contributed by atoms with Crippen LogP contribution in [0.3, 0.4) is 0 Å². The second-order valence-corrected chi connectivity index (χ2v) is 4.33. The van der Waals surface area contributed by atoms with Crippen LogP contribution in [-0.4, -0.2) is 40.8 Å². The zero-order valence-electron chi connectivity index (χ0n) is 10.1. The molecule has 5 nitrogen and oxygen atoms in total. The molecule has 1 aromatic rings. The first kappa shape index (κ1) is 12.1. The highest BCUT2D eigenvalue weighted by Gasteiger charge is 2.12. The summed E-state index contributed by atoms with van der Waals surface area (Å²) in [5.41, 5.74) is 0.678. The van der Waals surface area contributed by atoms with E-state index in [1.807, 2.05) is 11.5 Å². The van der Waals surface area contributed by atoms with Crippen molar-refractivity contribution >= 4 is 0 Å². The van der Waals surface area contributed by atoms with Gasteiger partial charge in [-0.3, -0.25) is 9.69 Å². The van der Waals surface area contributed by atoms with Crippen molar-refractivity contribution in [3.63, 3.8) is 0 Å². The van der Waals surface area contributed by atoms with Crippen LogP contribution in [0.15, 0.2) is 17.1 Å². The average molecular weight is 237 g/mol. The molecule has 0 spiro atoms. The normalized spacial score (nSPS) is 17.2. The number of pyridine rings is 1. The monoisotopic (exact) mass is 237 g/mol. The van der Waals surface area contributed by atoms with E-state index in [1.54, 1.807) is 6.07 Å². The molecule has 0 radical (unpaired) electrons. The molecule has 0 bridgehead atoms. The number of aromatic hydroxyl groups is 1. The van der Waals surface area contributed by atoms with Crippen molar-refractivity contribution in [3.8, 4) is 5.75 Å². The lowest BCUT2D eigenvalue weighted by atomic mass is 10.2. The maximum absolute atomic E-state index is 11.5. The lowest BCUT2D eigenvalue weighted by Gasteiger charge is -2.28. The molecule has 94 valence electrons. The van der Waals surface area contributed by atoms with Crippen molar-refractivity contribution in [3.05, 3.63) is 28.2 Å². The van der Waals surface area contributed by atoms with Gasteiger partial charge >= 0.3 is 0 Å². The van der Waals surface area contributed by atoms with Crippen LogP contribution in [0, 0.1) is 0 Å². The van der Waals surface area contributed by atoms with Crippen molar-refractivity contribution in [1.29, 1.82) is 0 Å². The number of aryl methyl sites for hydroxylation is 1. The lowest BCUT2D eigenvalue weighted by molar-refractivity contribution is 0.227. The Kier molecular flexibility index (Phi) is 3.81. The third-order valence-electron chi connectivity index (χ3n) is 3.13. The number of rotatable bonds is 3. The first-order chi connectivity index (χ1) is 8.20. The van der Waals surface area contributed by atoms with Gasteiger partial charge in [-0.2, -0.15) is 0 Å². The Morgan fingerprint density at radius 1 is 1.41 bits per heavy atom. The minimum atomic E-state index is -0.292. The van der Waals surface area contributed by atoms with E-state index < -0.39 is 0 Å². The Labute approximate surface area is 101 Å². The Hall–Kier alpha value is -1.33. The fourth-order valence-electron chi connectivity index (χ4n) is 2.13. The first-order valence-corrected chi connectivity index (χ1v) is 6.06. The topological polar surface area (TPSA) is 57.5 Å². The SMILES string of the molecule is CCn1cc(O)c(=O)cc1CN1CCNCC1. The van der Waals surface area contributed by atoms with Crippen molar-refractivity contribution in [2.75, 3.05) is 26.2 Å². The highest BCUT2D eigenvalue weighted by molar-refractivity contribution is 5.20. The predicted octanol–water partition coefficient (Wildman–Crippen LogP) is -0.0210. The van der Waals surface area contributed by atoms with Gasteiger partial charge in [0.15, 0.2) is 5.75 Å². The molecule has 0 atom stereocenters. The summed E-state index contributed by atoms with van der Waals surface area (Å²) in [6.45, 7) is 7.52. The van der Waals surface area contributed by atoms with E-state index >= 15 is 0 Å². The van der Waals surface area contributed by atoms with E-state index in [4.69, 9.17) is 0 Å². The third-order valence-corrected chi connectivity index (χ3v) is 3.13. The fourth-order valence-corrected chi connectivity index (χ4v) is 2.13. The third kappa shape index (κ3) is 2.87. The summed E-state index contributed by atoms with van der Waals surface area (Å²) in [7, 11) is 0. The number of hydrogen-bond acceptors (Lipinski definition) is 4. The minimum Gasteiger partial charge on any atom is -0.503 e. The number of nitrogens with zero attached hydrogens (tertiary/aromatic N) is 2. The molecule has 0 saturated carbocycles. The second kappa shape index (κ2) is 5.33. The number of piperazine rings is 1. The maximum Gasteiger partial charge on any atom is 0.223 e. The molecule has 2 N–H and O–H groups in total. The summed E-state index contributed by atoms with van der Waals surface area (Å²) in [5, 5.41) is 12.7. The Morgan fingerprint density at radius 3 is 2.76 bits per heavy atom. The largest absolute Gasteiger partial charge is 0.503 e. The molecule has 0 aliphatic carbocycles. The molecule has 1 saturated heterocycles. The van der Waals surface area contributed by atoms with Crippen LogP contribution in [-0.2, 0) is 13.1 Å². The van der Waals surface area contributed by atoms with E-state index in [0.29, 0.717) is 0 Å². The molecular weight excluding hydrogens is 218 g/mol. The van der Waals surface area contributed by atoms with Crippen LogP contribution in [0.4, 0.5) is 0 Å². The van der Waals surface area contributed by atoms with E-state index in [-0.39, 0.29) is 11.2 Å². The highest BCUT2D eigenvalue weighted by atomic mass is 16.3. The average Bonchev–Trinajstić information content (AvgIpc) is 2.35. The van der Waals surface area contributed by atoms with E-state index in [2.05, 4.69) is 10.2 Å². The molecule has 1 aliphatic rings. The molecule has 0 amide bonds. The number of aromatic nitrogens is 1. The van der Waals surface area contributed by atoms with Gasteiger partial charge in [-0.25, -0.2) is 0 Å². The quantitative estimate of drug-likeness (QED) is 0.775. The predicted molar refractivity (Wildman–Crippen MR) is 66.2 cm³/mol. The summed E-state index contributed by atoms with van der Waals surface area (Å²) in [5.74, 6) is -0.170. The molecule has 0 unspecified atom stereocenters. The summed E-state index contributed by atoms with van der Waals surface area (Å²) >= 11 is 0. The van der Waals surface area contributed by atoms with Gasteiger partial charge < -0.3 is 15.0 Å². The first-order valence-electron chi connectivity index (χ1n) is 6.06. The Balaban J connectivity index is 2.18. The highest BCUT2D eigenvalue weighted by Crippen LogP contribution is 2.08. The van der Waals surface area contributed by atoms with Crippen LogP contribution in [0.1, 0.15) is 12.6 Å². The molecule has 1 aromatic heterocycles. The molecule has 0 aromatic carbocycles. The van der Waals surface area contributed by atoms with Crippen LogP contribution >= 0.6 is 0 Å². The Morgan fingerprint density at radius 2 is 2.12 bits per heavy atom. The summed E-state index contributed by atoms with van der Waals surface area (Å²) in [6, 6.07) is 1.54. The molecule has 2 rings (SSSR count). The van der Waals surface area contributed by atoms with Gasteiger partial charge in [0.25, 0.3) is 0 Å². The number of hydrogen-bond donors (Lipinski definition) is 2. The van der Waals surface area contributed by atoms with Crippen LogP contribution in [0.5, 0.6) is 5.75 Å². The van der Waals surface area contributed by atoms with Gasteiger partial charge in [-0.15, -0.1) is 0 Å². The van der Waals surface area contributed by atoms with Crippen molar-refractivity contribution in [2.45, 2.75) is 20.0 Å². The van der Waals surface area contributed by atoms with Gasteiger partial charge in [0.05, 0.1) is 6.20 Å². The minimum absolute atomic E-state index is 0.170. The van der Waals surface area contributed by atoms with Crippen LogP contribution in [0.2, 0.25) is 0 Å². The van der Waals surface area contributed by atoms with E-state index in [1.165, 1.54) is 6.20 Å². The zero-order chi connectivity index (χ0) is 12.3. The molecular formula is C12H19N3O2. The Bertz CT molecular complexity index is 436. The number of nitrogens with one attached hydrogen (secondary N) is 1.